The number of benzene rings is 1. The van der Waals surface area contributed by atoms with E-state index in [0.29, 0.717) is 5.56 Å². The van der Waals surface area contributed by atoms with Gasteiger partial charge in [0.2, 0.25) is 0 Å². The van der Waals surface area contributed by atoms with Gasteiger partial charge in [0.25, 0.3) is 0 Å². The number of hydrogen-bond donors (Lipinski definition) is 2. The molecule has 0 aromatic heterocycles. The summed E-state index contributed by atoms with van der Waals surface area (Å²) in [7, 11) is 0. The van der Waals surface area contributed by atoms with Crippen molar-refractivity contribution in [2.75, 3.05) is 5.32 Å². The van der Waals surface area contributed by atoms with Gasteiger partial charge >= 0.3 is 18.1 Å². The molecule has 0 spiro atoms. The van der Waals surface area contributed by atoms with Gasteiger partial charge in [0.15, 0.2) is 0 Å². The van der Waals surface area contributed by atoms with Gasteiger partial charge in [0, 0.05) is 5.69 Å². The molecule has 0 radical (unpaired) electrons. The van der Waals surface area contributed by atoms with Gasteiger partial charge in [0.1, 0.15) is 0 Å². The molecule has 19 heavy (non-hydrogen) atoms. The van der Waals surface area contributed by atoms with Crippen LogP contribution in [0.2, 0.25) is 0 Å². The van der Waals surface area contributed by atoms with E-state index in [1.54, 1.807) is 19.2 Å². The summed E-state index contributed by atoms with van der Waals surface area (Å²) in [5.74, 6) is -3.57. The number of hydrogen-bond acceptors (Lipinski definition) is 2. The second kappa shape index (κ2) is 5.29. The minimum absolute atomic E-state index is 0.141. The van der Waals surface area contributed by atoms with E-state index in [1.165, 1.54) is 12.1 Å². The molecule has 1 rings (SSSR count). The SMILES string of the molecule is CC(C)c1ccc(C(=O)O)cc1NC(=O)C(F)(F)F. The van der Waals surface area contributed by atoms with Crippen LogP contribution in [0.15, 0.2) is 18.2 Å². The predicted molar refractivity (Wildman–Crippen MR) is 62.2 cm³/mol. The zero-order valence-corrected chi connectivity index (χ0v) is 10.2. The summed E-state index contributed by atoms with van der Waals surface area (Å²) in [5, 5.41) is 10.5. The number of alkyl halides is 3. The number of carbonyl (C=O) groups excluding carboxylic acids is 1. The third kappa shape index (κ3) is 3.70. The average molecular weight is 275 g/mol. The summed E-state index contributed by atoms with van der Waals surface area (Å²) in [6.07, 6.45) is -5.02. The van der Waals surface area contributed by atoms with Crippen molar-refractivity contribution in [2.24, 2.45) is 0 Å². The van der Waals surface area contributed by atoms with Crippen LogP contribution in [-0.2, 0) is 4.79 Å². The van der Waals surface area contributed by atoms with E-state index in [0.717, 1.165) is 6.07 Å². The lowest BCUT2D eigenvalue weighted by Gasteiger charge is -2.15. The lowest BCUT2D eigenvalue weighted by molar-refractivity contribution is -0.167. The van der Waals surface area contributed by atoms with Crippen LogP contribution in [0.1, 0.15) is 35.7 Å². The molecular formula is C12H12F3NO3. The minimum Gasteiger partial charge on any atom is -0.478 e. The Morgan fingerprint density at radius 2 is 1.84 bits per heavy atom. The van der Waals surface area contributed by atoms with Crippen LogP contribution in [0.25, 0.3) is 0 Å². The first-order valence-electron chi connectivity index (χ1n) is 5.38. The van der Waals surface area contributed by atoms with Crippen LogP contribution in [0.3, 0.4) is 0 Å². The molecule has 104 valence electrons. The van der Waals surface area contributed by atoms with Crippen LogP contribution >= 0.6 is 0 Å². The molecule has 0 aliphatic carbocycles. The quantitative estimate of drug-likeness (QED) is 0.891. The zero-order chi connectivity index (χ0) is 14.8. The lowest BCUT2D eigenvalue weighted by Crippen LogP contribution is -2.30. The molecule has 0 fully saturated rings. The van der Waals surface area contributed by atoms with E-state index in [2.05, 4.69) is 0 Å². The molecule has 4 nitrogen and oxygen atoms in total. The fourth-order valence-electron chi connectivity index (χ4n) is 1.49. The Labute approximate surface area is 107 Å². The normalized spacial score (nSPS) is 11.5. The Kier molecular flexibility index (Phi) is 4.18. The van der Waals surface area contributed by atoms with E-state index < -0.39 is 18.1 Å². The van der Waals surface area contributed by atoms with Gasteiger partial charge in [-0.1, -0.05) is 19.9 Å². The highest BCUT2D eigenvalue weighted by atomic mass is 19.4. The molecule has 2 N–H and O–H groups in total. The van der Waals surface area contributed by atoms with Gasteiger partial charge in [-0.15, -0.1) is 0 Å². The van der Waals surface area contributed by atoms with Crippen LogP contribution < -0.4 is 5.32 Å². The Balaban J connectivity index is 3.18. The third-order valence-corrected chi connectivity index (χ3v) is 2.43. The van der Waals surface area contributed by atoms with Crippen molar-refractivity contribution in [3.8, 4) is 0 Å². The lowest BCUT2D eigenvalue weighted by atomic mass is 9.99. The first kappa shape index (κ1) is 15.0. The first-order valence-corrected chi connectivity index (χ1v) is 5.38. The summed E-state index contributed by atoms with van der Waals surface area (Å²) in [6.45, 7) is 3.44. The molecule has 0 saturated carbocycles. The van der Waals surface area contributed by atoms with Crippen molar-refractivity contribution in [1.82, 2.24) is 0 Å². The molecule has 1 aromatic rings. The Morgan fingerprint density at radius 1 is 1.26 bits per heavy atom. The fraction of sp³-hybridized carbons (Fsp3) is 0.333. The highest BCUT2D eigenvalue weighted by molar-refractivity contribution is 5.97. The standard InChI is InChI=1S/C12H12F3NO3/c1-6(2)8-4-3-7(10(17)18)5-9(8)16-11(19)12(13,14)15/h3-6H,1-2H3,(H,16,19)(H,17,18). The van der Waals surface area contributed by atoms with Gasteiger partial charge in [-0.3, -0.25) is 4.79 Å². The van der Waals surface area contributed by atoms with Crippen LogP contribution in [0.4, 0.5) is 18.9 Å². The maximum atomic E-state index is 12.2. The van der Waals surface area contributed by atoms with Crippen LogP contribution in [-0.4, -0.2) is 23.2 Å². The van der Waals surface area contributed by atoms with Crippen molar-refractivity contribution in [3.05, 3.63) is 29.3 Å². The fourth-order valence-corrected chi connectivity index (χ4v) is 1.49. The molecule has 0 aliphatic heterocycles. The molecule has 0 atom stereocenters. The van der Waals surface area contributed by atoms with Crippen molar-refractivity contribution in [2.45, 2.75) is 25.9 Å². The van der Waals surface area contributed by atoms with Crippen molar-refractivity contribution >= 4 is 17.6 Å². The summed E-state index contributed by atoms with van der Waals surface area (Å²) in [4.78, 5) is 21.7. The number of amides is 1. The van der Waals surface area contributed by atoms with E-state index in [4.69, 9.17) is 5.11 Å². The highest BCUT2D eigenvalue weighted by Crippen LogP contribution is 2.27. The third-order valence-electron chi connectivity index (χ3n) is 2.43. The second-order valence-electron chi connectivity index (χ2n) is 4.21. The van der Waals surface area contributed by atoms with E-state index >= 15 is 0 Å². The Morgan fingerprint density at radius 3 is 2.26 bits per heavy atom. The molecule has 0 aliphatic rings. The maximum Gasteiger partial charge on any atom is 0.471 e. The van der Waals surface area contributed by atoms with Gasteiger partial charge in [-0.25, -0.2) is 4.79 Å². The van der Waals surface area contributed by atoms with Crippen LogP contribution in [0, 0.1) is 0 Å². The number of aromatic carboxylic acids is 1. The molecule has 0 bridgehead atoms. The monoisotopic (exact) mass is 275 g/mol. The number of carboxylic acid groups (broad SMARTS) is 1. The average Bonchev–Trinajstić information content (AvgIpc) is 2.27. The summed E-state index contributed by atoms with van der Waals surface area (Å²) < 4.78 is 36.6. The Hall–Kier alpha value is -2.05. The molecule has 1 aromatic carbocycles. The zero-order valence-electron chi connectivity index (χ0n) is 10.2. The van der Waals surface area contributed by atoms with Gasteiger partial charge in [-0.2, -0.15) is 13.2 Å². The molecule has 0 unspecified atom stereocenters. The number of carbonyl (C=O) groups is 2. The van der Waals surface area contributed by atoms with Crippen molar-refractivity contribution < 1.29 is 27.9 Å². The van der Waals surface area contributed by atoms with Crippen molar-refractivity contribution in [3.63, 3.8) is 0 Å². The second-order valence-corrected chi connectivity index (χ2v) is 4.21. The smallest absolute Gasteiger partial charge is 0.471 e. The van der Waals surface area contributed by atoms with Gasteiger partial charge in [-0.05, 0) is 23.6 Å². The number of halogens is 3. The number of anilines is 1. The Bertz CT molecular complexity index is 509. The summed E-state index contributed by atoms with van der Waals surface area (Å²) in [5.41, 5.74) is 0.0988. The number of nitrogens with one attached hydrogen (secondary N) is 1. The van der Waals surface area contributed by atoms with E-state index in [1.807, 2.05) is 0 Å². The summed E-state index contributed by atoms with van der Waals surface area (Å²) in [6, 6.07) is 3.68. The van der Waals surface area contributed by atoms with Crippen LogP contribution in [0.5, 0.6) is 0 Å². The minimum atomic E-state index is -5.02. The maximum absolute atomic E-state index is 12.2. The number of rotatable bonds is 3. The van der Waals surface area contributed by atoms with Crippen molar-refractivity contribution in [1.29, 1.82) is 0 Å². The topological polar surface area (TPSA) is 66.4 Å². The predicted octanol–water partition coefficient (Wildman–Crippen LogP) is 3.01. The van der Waals surface area contributed by atoms with Gasteiger partial charge < -0.3 is 10.4 Å². The molecule has 0 saturated heterocycles. The molecule has 0 heterocycles. The van der Waals surface area contributed by atoms with Gasteiger partial charge in [0.05, 0.1) is 5.56 Å². The molecule has 1 amide bonds. The summed E-state index contributed by atoms with van der Waals surface area (Å²) >= 11 is 0. The largest absolute Gasteiger partial charge is 0.478 e. The highest BCUT2D eigenvalue weighted by Gasteiger charge is 2.39. The molecular weight excluding hydrogens is 263 g/mol. The number of carboxylic acids is 1. The molecule has 7 heteroatoms. The van der Waals surface area contributed by atoms with E-state index in [9.17, 15) is 22.8 Å². The van der Waals surface area contributed by atoms with E-state index in [-0.39, 0.29) is 17.2 Å². The first-order chi connectivity index (χ1) is 8.62.